The topological polar surface area (TPSA) is 88.9 Å². The molecule has 0 unspecified atom stereocenters. The van der Waals surface area contributed by atoms with Crippen molar-refractivity contribution in [2.24, 2.45) is 0 Å². The van der Waals surface area contributed by atoms with E-state index in [1.165, 1.54) is 4.88 Å². The van der Waals surface area contributed by atoms with E-state index in [9.17, 15) is 9.59 Å². The number of aromatic nitrogens is 3. The summed E-state index contributed by atoms with van der Waals surface area (Å²) in [6.45, 7) is 8.52. The monoisotopic (exact) mass is 461 g/mol. The Morgan fingerprint density at radius 1 is 1.12 bits per heavy atom. The quantitative estimate of drug-likeness (QED) is 0.438. The predicted molar refractivity (Wildman–Crippen MR) is 132 cm³/mol. The molecule has 1 aromatic carbocycles. The maximum atomic E-state index is 13.3. The molecule has 0 spiro atoms. The van der Waals surface area contributed by atoms with E-state index in [2.05, 4.69) is 35.6 Å². The largest absolute Gasteiger partial charge is 0.355 e. The third-order valence-corrected chi connectivity index (χ3v) is 6.45. The number of carbonyl (C=O) groups excluding carboxylic acids is 2. The molecule has 0 aliphatic rings. The molecule has 33 heavy (non-hydrogen) atoms. The summed E-state index contributed by atoms with van der Waals surface area (Å²) in [5, 5.41) is 10.8. The van der Waals surface area contributed by atoms with Gasteiger partial charge in [0.25, 0.3) is 11.8 Å². The number of benzene rings is 1. The van der Waals surface area contributed by atoms with Gasteiger partial charge in [0.1, 0.15) is 0 Å². The Morgan fingerprint density at radius 3 is 2.58 bits per heavy atom. The number of carbonyl (C=O) groups is 2. The average Bonchev–Trinajstić information content (AvgIpc) is 3.38. The minimum atomic E-state index is -0.207. The summed E-state index contributed by atoms with van der Waals surface area (Å²) in [7, 11) is 1.59. The highest BCUT2D eigenvalue weighted by atomic mass is 32.1. The smallest absolute Gasteiger partial charge is 0.252 e. The van der Waals surface area contributed by atoms with Crippen LogP contribution in [0.3, 0.4) is 0 Å². The Morgan fingerprint density at radius 2 is 1.91 bits per heavy atom. The molecule has 0 aliphatic carbocycles. The summed E-state index contributed by atoms with van der Waals surface area (Å²) in [6.07, 6.45) is 1.71. The first-order chi connectivity index (χ1) is 15.8. The van der Waals surface area contributed by atoms with Crippen LogP contribution in [0.2, 0.25) is 0 Å². The number of pyridine rings is 1. The Kier molecular flexibility index (Phi) is 6.29. The molecule has 0 saturated carbocycles. The lowest BCUT2D eigenvalue weighted by molar-refractivity contribution is 0.0950. The van der Waals surface area contributed by atoms with Crippen LogP contribution in [-0.4, -0.2) is 33.6 Å². The van der Waals surface area contributed by atoms with Gasteiger partial charge in [-0.25, -0.2) is 9.67 Å². The van der Waals surface area contributed by atoms with E-state index in [4.69, 9.17) is 4.98 Å². The molecule has 0 radical (unpaired) electrons. The van der Waals surface area contributed by atoms with Gasteiger partial charge < -0.3 is 10.6 Å². The molecule has 3 heterocycles. The van der Waals surface area contributed by atoms with Crippen LogP contribution in [0, 0.1) is 13.8 Å². The summed E-state index contributed by atoms with van der Waals surface area (Å²) in [5.41, 5.74) is 4.42. The summed E-state index contributed by atoms with van der Waals surface area (Å²) in [4.78, 5) is 32.5. The van der Waals surface area contributed by atoms with Crippen LogP contribution < -0.4 is 10.6 Å². The number of hydrogen-bond donors (Lipinski definition) is 2. The van der Waals surface area contributed by atoms with Gasteiger partial charge in [0.05, 0.1) is 22.8 Å². The van der Waals surface area contributed by atoms with Crippen molar-refractivity contribution in [3.05, 3.63) is 69.0 Å². The summed E-state index contributed by atoms with van der Waals surface area (Å²) in [6, 6.07) is 11.3. The lowest BCUT2D eigenvalue weighted by atomic mass is 10.1. The maximum absolute atomic E-state index is 13.3. The van der Waals surface area contributed by atoms with Gasteiger partial charge in [-0.3, -0.25) is 9.59 Å². The van der Waals surface area contributed by atoms with Gasteiger partial charge in [-0.15, -0.1) is 11.3 Å². The summed E-state index contributed by atoms with van der Waals surface area (Å²) in [5.74, 6) is -0.368. The Hall–Kier alpha value is -3.52. The van der Waals surface area contributed by atoms with Gasteiger partial charge >= 0.3 is 0 Å². The molecule has 0 atom stereocenters. The summed E-state index contributed by atoms with van der Waals surface area (Å²) >= 11 is 1.71. The van der Waals surface area contributed by atoms with Crippen LogP contribution in [0.15, 0.2) is 42.6 Å². The highest BCUT2D eigenvalue weighted by molar-refractivity contribution is 7.12. The first kappa shape index (κ1) is 22.7. The molecule has 3 aromatic heterocycles. The zero-order valence-corrected chi connectivity index (χ0v) is 20.2. The molecule has 0 aliphatic heterocycles. The first-order valence-corrected chi connectivity index (χ1v) is 11.6. The molecular weight excluding hydrogens is 434 g/mol. The zero-order valence-electron chi connectivity index (χ0n) is 19.4. The SMILES string of the molecule is CNC(=O)c1cccc(CNC(=O)c2cc(-c3cc(C)sc3C)nc3c2cnn3C(C)C)c1. The molecule has 0 bridgehead atoms. The Labute approximate surface area is 196 Å². The second kappa shape index (κ2) is 9.15. The van der Waals surface area contributed by atoms with Crippen LogP contribution in [-0.2, 0) is 6.54 Å². The van der Waals surface area contributed by atoms with Crippen molar-refractivity contribution in [3.8, 4) is 11.3 Å². The fraction of sp³-hybridized carbons (Fsp3) is 0.280. The molecule has 7 nitrogen and oxygen atoms in total. The van der Waals surface area contributed by atoms with Crippen LogP contribution in [0.25, 0.3) is 22.3 Å². The number of rotatable bonds is 6. The Bertz CT molecular complexity index is 1350. The van der Waals surface area contributed by atoms with Gasteiger partial charge in [-0.2, -0.15) is 5.10 Å². The summed E-state index contributed by atoms with van der Waals surface area (Å²) < 4.78 is 1.84. The lowest BCUT2D eigenvalue weighted by Crippen LogP contribution is -2.24. The van der Waals surface area contributed by atoms with Crippen LogP contribution in [0.5, 0.6) is 0 Å². The molecule has 4 rings (SSSR count). The molecule has 2 amide bonds. The molecule has 0 saturated heterocycles. The van der Waals surface area contributed by atoms with E-state index >= 15 is 0 Å². The number of fused-ring (bicyclic) bond motifs is 1. The third-order valence-electron chi connectivity index (χ3n) is 5.49. The fourth-order valence-corrected chi connectivity index (χ4v) is 4.78. The minimum Gasteiger partial charge on any atom is -0.355 e. The van der Waals surface area contributed by atoms with Crippen molar-refractivity contribution in [1.82, 2.24) is 25.4 Å². The van der Waals surface area contributed by atoms with Crippen LogP contribution in [0.1, 0.15) is 55.9 Å². The normalized spacial score (nSPS) is 11.2. The van der Waals surface area contributed by atoms with E-state index in [0.717, 1.165) is 21.7 Å². The van der Waals surface area contributed by atoms with Crippen LogP contribution in [0.4, 0.5) is 0 Å². The lowest BCUT2D eigenvalue weighted by Gasteiger charge is -2.11. The van der Waals surface area contributed by atoms with Gasteiger partial charge in [0, 0.05) is 40.5 Å². The van der Waals surface area contributed by atoms with Gasteiger partial charge in [-0.05, 0) is 57.5 Å². The van der Waals surface area contributed by atoms with E-state index in [1.807, 2.05) is 36.7 Å². The average molecular weight is 462 g/mol. The maximum Gasteiger partial charge on any atom is 0.252 e. The van der Waals surface area contributed by atoms with Crippen LogP contribution >= 0.6 is 11.3 Å². The van der Waals surface area contributed by atoms with Crippen molar-refractivity contribution < 1.29 is 9.59 Å². The van der Waals surface area contributed by atoms with E-state index in [-0.39, 0.29) is 17.9 Å². The van der Waals surface area contributed by atoms with E-state index < -0.39 is 0 Å². The second-order valence-corrected chi connectivity index (χ2v) is 9.72. The third kappa shape index (κ3) is 4.52. The number of nitrogens with one attached hydrogen (secondary N) is 2. The number of hydrogen-bond acceptors (Lipinski definition) is 5. The highest BCUT2D eigenvalue weighted by Gasteiger charge is 2.20. The predicted octanol–water partition coefficient (Wildman–Crippen LogP) is 4.65. The van der Waals surface area contributed by atoms with E-state index in [0.29, 0.717) is 28.7 Å². The van der Waals surface area contributed by atoms with Crippen molar-refractivity contribution in [1.29, 1.82) is 0 Å². The fourth-order valence-electron chi connectivity index (χ4n) is 3.85. The number of aryl methyl sites for hydroxylation is 2. The van der Waals surface area contributed by atoms with Crippen molar-refractivity contribution in [2.45, 2.75) is 40.3 Å². The second-order valence-electron chi connectivity index (χ2n) is 8.26. The number of amides is 2. The molecule has 2 N–H and O–H groups in total. The van der Waals surface area contributed by atoms with Gasteiger partial charge in [-0.1, -0.05) is 12.1 Å². The number of thiophene rings is 1. The molecule has 170 valence electrons. The minimum absolute atomic E-state index is 0.110. The van der Waals surface area contributed by atoms with Gasteiger partial charge in [0.15, 0.2) is 5.65 Å². The number of nitrogens with zero attached hydrogens (tertiary/aromatic N) is 3. The standard InChI is InChI=1S/C25H27N5O2S/c1-14(2)30-23-21(13-28-30)20(11-22(29-23)19-9-15(3)33-16(19)4)25(32)27-12-17-7-6-8-18(10-17)24(31)26-5/h6-11,13-14H,12H2,1-5H3,(H,26,31)(H,27,32). The zero-order chi connectivity index (χ0) is 23.7. The molecule has 8 heteroatoms. The Balaban J connectivity index is 1.71. The van der Waals surface area contributed by atoms with Crippen molar-refractivity contribution >= 4 is 34.2 Å². The molecule has 4 aromatic rings. The van der Waals surface area contributed by atoms with Crippen molar-refractivity contribution in [2.75, 3.05) is 7.05 Å². The van der Waals surface area contributed by atoms with E-state index in [1.54, 1.807) is 36.7 Å². The van der Waals surface area contributed by atoms with Gasteiger partial charge in [0.2, 0.25) is 0 Å². The molecular formula is C25H27N5O2S. The van der Waals surface area contributed by atoms with Crippen molar-refractivity contribution in [3.63, 3.8) is 0 Å². The first-order valence-electron chi connectivity index (χ1n) is 10.8. The highest BCUT2D eigenvalue weighted by Crippen LogP contribution is 2.32. The molecule has 0 fully saturated rings.